The summed E-state index contributed by atoms with van der Waals surface area (Å²) >= 11 is 0. The third kappa shape index (κ3) is 4.19. The molecule has 1 saturated heterocycles. The number of ether oxygens (including phenoxy) is 2. The fraction of sp³-hybridized carbons (Fsp3) is 1.00. The van der Waals surface area contributed by atoms with Gasteiger partial charge < -0.3 is 24.8 Å². The summed E-state index contributed by atoms with van der Waals surface area (Å²) < 4.78 is 10.7. The van der Waals surface area contributed by atoms with E-state index < -0.39 is 30.7 Å². The van der Waals surface area contributed by atoms with E-state index in [2.05, 4.69) is 20.8 Å². The standard InChI is InChI=1S/C12H24O5/c1-7-8(13)9(14)10(15)11(17-7)16-6-5-12(2,3)4/h7-11,13-15H,5-6H2,1-4H3/t7-,8+,9+,10-,11+/m0/s1. The van der Waals surface area contributed by atoms with Crippen LogP contribution in [0, 0.1) is 5.41 Å². The van der Waals surface area contributed by atoms with E-state index in [0.29, 0.717) is 6.61 Å². The van der Waals surface area contributed by atoms with Crippen molar-refractivity contribution in [2.24, 2.45) is 5.41 Å². The molecule has 5 nitrogen and oxygen atoms in total. The second-order valence-corrected chi connectivity index (χ2v) is 5.86. The monoisotopic (exact) mass is 248 g/mol. The molecular formula is C12H24O5. The molecule has 1 heterocycles. The number of aliphatic hydroxyl groups excluding tert-OH is 3. The molecule has 1 fully saturated rings. The van der Waals surface area contributed by atoms with E-state index in [4.69, 9.17) is 9.47 Å². The second kappa shape index (κ2) is 5.63. The molecule has 0 unspecified atom stereocenters. The smallest absolute Gasteiger partial charge is 0.186 e. The highest BCUT2D eigenvalue weighted by Gasteiger charge is 2.42. The lowest BCUT2D eigenvalue weighted by Crippen LogP contribution is -2.57. The molecule has 0 spiro atoms. The molecule has 0 saturated carbocycles. The Morgan fingerprint density at radius 1 is 1.06 bits per heavy atom. The van der Waals surface area contributed by atoms with Crippen LogP contribution in [-0.4, -0.2) is 52.6 Å². The van der Waals surface area contributed by atoms with E-state index in [1.807, 2.05) is 0 Å². The highest BCUT2D eigenvalue weighted by Crippen LogP contribution is 2.23. The van der Waals surface area contributed by atoms with Gasteiger partial charge in [-0.05, 0) is 18.8 Å². The minimum atomic E-state index is -1.22. The average molecular weight is 248 g/mol. The molecule has 1 rings (SSSR count). The first-order valence-electron chi connectivity index (χ1n) is 6.03. The zero-order valence-electron chi connectivity index (χ0n) is 11.0. The minimum absolute atomic E-state index is 0.142. The zero-order chi connectivity index (χ0) is 13.2. The molecule has 0 aromatic heterocycles. The normalized spacial score (nSPS) is 39.4. The lowest BCUT2D eigenvalue weighted by atomic mass is 9.93. The fourth-order valence-corrected chi connectivity index (χ4v) is 1.63. The van der Waals surface area contributed by atoms with Crippen LogP contribution in [0.1, 0.15) is 34.1 Å². The third-order valence-corrected chi connectivity index (χ3v) is 2.94. The van der Waals surface area contributed by atoms with Crippen molar-refractivity contribution >= 4 is 0 Å². The minimum Gasteiger partial charge on any atom is -0.388 e. The van der Waals surface area contributed by atoms with Gasteiger partial charge in [-0.3, -0.25) is 0 Å². The quantitative estimate of drug-likeness (QED) is 0.668. The van der Waals surface area contributed by atoms with Crippen LogP contribution in [0.15, 0.2) is 0 Å². The largest absolute Gasteiger partial charge is 0.388 e. The fourth-order valence-electron chi connectivity index (χ4n) is 1.63. The summed E-state index contributed by atoms with van der Waals surface area (Å²) in [5.74, 6) is 0. The van der Waals surface area contributed by atoms with Crippen LogP contribution in [0.25, 0.3) is 0 Å². The molecule has 0 aromatic carbocycles. The maximum absolute atomic E-state index is 9.70. The van der Waals surface area contributed by atoms with Gasteiger partial charge in [-0.2, -0.15) is 0 Å². The van der Waals surface area contributed by atoms with Gasteiger partial charge in [0.1, 0.15) is 18.3 Å². The van der Waals surface area contributed by atoms with Gasteiger partial charge in [-0.25, -0.2) is 0 Å². The van der Waals surface area contributed by atoms with E-state index in [1.54, 1.807) is 6.92 Å². The first-order valence-corrected chi connectivity index (χ1v) is 6.03. The van der Waals surface area contributed by atoms with Gasteiger partial charge in [-0.15, -0.1) is 0 Å². The molecule has 0 radical (unpaired) electrons. The van der Waals surface area contributed by atoms with Crippen LogP contribution < -0.4 is 0 Å². The summed E-state index contributed by atoms with van der Waals surface area (Å²) in [5.41, 5.74) is 0.142. The van der Waals surface area contributed by atoms with Gasteiger partial charge in [0.15, 0.2) is 6.29 Å². The average Bonchev–Trinajstić information content (AvgIpc) is 2.21. The number of rotatable bonds is 3. The molecule has 1 aliphatic rings. The maximum Gasteiger partial charge on any atom is 0.186 e. The maximum atomic E-state index is 9.70. The highest BCUT2D eigenvalue weighted by molar-refractivity contribution is 4.87. The van der Waals surface area contributed by atoms with E-state index in [0.717, 1.165) is 6.42 Å². The van der Waals surface area contributed by atoms with Crippen molar-refractivity contribution in [3.8, 4) is 0 Å². The van der Waals surface area contributed by atoms with Crippen LogP contribution in [0.2, 0.25) is 0 Å². The van der Waals surface area contributed by atoms with Crippen molar-refractivity contribution in [1.82, 2.24) is 0 Å². The van der Waals surface area contributed by atoms with Gasteiger partial charge in [-0.1, -0.05) is 20.8 Å². The van der Waals surface area contributed by atoms with Crippen LogP contribution in [0.5, 0.6) is 0 Å². The molecule has 0 aliphatic carbocycles. The molecular weight excluding hydrogens is 224 g/mol. The molecule has 17 heavy (non-hydrogen) atoms. The van der Waals surface area contributed by atoms with E-state index in [1.165, 1.54) is 0 Å². The highest BCUT2D eigenvalue weighted by atomic mass is 16.7. The molecule has 102 valence electrons. The van der Waals surface area contributed by atoms with Crippen LogP contribution in [-0.2, 0) is 9.47 Å². The lowest BCUT2D eigenvalue weighted by molar-refractivity contribution is -0.293. The Kier molecular flexibility index (Phi) is 4.92. The summed E-state index contributed by atoms with van der Waals surface area (Å²) in [7, 11) is 0. The Hall–Kier alpha value is -0.200. The Morgan fingerprint density at radius 3 is 2.18 bits per heavy atom. The third-order valence-electron chi connectivity index (χ3n) is 2.94. The van der Waals surface area contributed by atoms with Crippen LogP contribution >= 0.6 is 0 Å². The van der Waals surface area contributed by atoms with Crippen molar-refractivity contribution < 1.29 is 24.8 Å². The molecule has 0 bridgehead atoms. The Bertz CT molecular complexity index is 238. The summed E-state index contributed by atoms with van der Waals surface area (Å²) in [6, 6.07) is 0. The van der Waals surface area contributed by atoms with Gasteiger partial charge >= 0.3 is 0 Å². The SMILES string of the molecule is C[C@@H]1O[C@@H](OCCC(C)(C)C)[C@@H](O)[C@H](O)[C@@H]1O. The van der Waals surface area contributed by atoms with Gasteiger partial charge in [0.2, 0.25) is 0 Å². The Morgan fingerprint density at radius 2 is 1.65 bits per heavy atom. The predicted molar refractivity (Wildman–Crippen MR) is 62.4 cm³/mol. The molecule has 5 heteroatoms. The number of aliphatic hydroxyl groups is 3. The summed E-state index contributed by atoms with van der Waals surface area (Å²) in [5, 5.41) is 28.8. The topological polar surface area (TPSA) is 79.2 Å². The van der Waals surface area contributed by atoms with Crippen molar-refractivity contribution in [3.05, 3.63) is 0 Å². The predicted octanol–water partition coefficient (Wildman–Crippen LogP) is 0.267. The first-order chi connectivity index (χ1) is 7.72. The van der Waals surface area contributed by atoms with Gasteiger partial charge in [0.25, 0.3) is 0 Å². The van der Waals surface area contributed by atoms with E-state index in [-0.39, 0.29) is 5.41 Å². The molecule has 0 aromatic rings. The van der Waals surface area contributed by atoms with Crippen molar-refractivity contribution in [2.75, 3.05) is 6.61 Å². The summed E-state index contributed by atoms with van der Waals surface area (Å²) in [6.07, 6.45) is -4.10. The molecule has 0 amide bonds. The lowest BCUT2D eigenvalue weighted by Gasteiger charge is -2.39. The summed E-state index contributed by atoms with van der Waals surface area (Å²) in [4.78, 5) is 0. The van der Waals surface area contributed by atoms with E-state index in [9.17, 15) is 15.3 Å². The van der Waals surface area contributed by atoms with Gasteiger partial charge in [0, 0.05) is 0 Å². The Balaban J connectivity index is 2.43. The molecule has 3 N–H and O–H groups in total. The van der Waals surface area contributed by atoms with Crippen LogP contribution in [0.4, 0.5) is 0 Å². The number of hydrogen-bond donors (Lipinski definition) is 3. The molecule has 5 atom stereocenters. The first kappa shape index (κ1) is 14.9. The van der Waals surface area contributed by atoms with Crippen molar-refractivity contribution in [3.63, 3.8) is 0 Å². The van der Waals surface area contributed by atoms with E-state index >= 15 is 0 Å². The van der Waals surface area contributed by atoms with Crippen molar-refractivity contribution in [2.45, 2.75) is 64.8 Å². The Labute approximate surface area is 102 Å². The zero-order valence-corrected chi connectivity index (χ0v) is 11.0. The second-order valence-electron chi connectivity index (χ2n) is 5.86. The van der Waals surface area contributed by atoms with Crippen LogP contribution in [0.3, 0.4) is 0 Å². The number of hydrogen-bond acceptors (Lipinski definition) is 5. The summed E-state index contributed by atoms with van der Waals surface area (Å²) in [6.45, 7) is 8.36. The molecule has 1 aliphatic heterocycles. The van der Waals surface area contributed by atoms with Crippen molar-refractivity contribution in [1.29, 1.82) is 0 Å². The van der Waals surface area contributed by atoms with Gasteiger partial charge in [0.05, 0.1) is 12.7 Å².